The van der Waals surface area contributed by atoms with Gasteiger partial charge in [-0.1, -0.05) is 12.1 Å². The summed E-state index contributed by atoms with van der Waals surface area (Å²) in [7, 11) is 0. The number of likely N-dealkylation sites (tertiary alicyclic amines) is 1. The molecule has 1 fully saturated rings. The molecule has 1 aromatic carbocycles. The van der Waals surface area contributed by atoms with Crippen LogP contribution in [0.15, 0.2) is 47.9 Å². The Labute approximate surface area is 130 Å². The first-order chi connectivity index (χ1) is 10.8. The summed E-state index contributed by atoms with van der Waals surface area (Å²) in [5.41, 5.74) is 0.00222. The molecule has 1 aliphatic heterocycles. The average molecular weight is 298 g/mol. The van der Waals surface area contributed by atoms with Crippen LogP contribution in [0.3, 0.4) is 0 Å². The third-order valence-electron chi connectivity index (χ3n) is 4.17. The zero-order valence-corrected chi connectivity index (χ0v) is 12.8. The van der Waals surface area contributed by atoms with Crippen molar-refractivity contribution in [1.29, 1.82) is 0 Å². The topological polar surface area (TPSA) is 34.5 Å². The summed E-state index contributed by atoms with van der Waals surface area (Å²) >= 11 is 0. The van der Waals surface area contributed by atoms with Gasteiger partial charge >= 0.3 is 0 Å². The molecule has 22 heavy (non-hydrogen) atoms. The van der Waals surface area contributed by atoms with Gasteiger partial charge in [-0.05, 0) is 44.1 Å². The number of rotatable bonds is 6. The molecule has 1 aliphatic rings. The molecule has 1 aromatic heterocycles. The van der Waals surface area contributed by atoms with Crippen LogP contribution in [0.25, 0.3) is 10.8 Å². The van der Waals surface area contributed by atoms with Gasteiger partial charge in [-0.2, -0.15) is 0 Å². The lowest BCUT2D eigenvalue weighted by atomic mass is 10.1. The Balaban J connectivity index is 1.79. The van der Waals surface area contributed by atoms with Crippen molar-refractivity contribution in [3.8, 4) is 5.75 Å². The Bertz CT molecular complexity index is 715. The Morgan fingerprint density at radius 3 is 2.77 bits per heavy atom. The van der Waals surface area contributed by atoms with E-state index < -0.39 is 0 Å². The second-order valence-electron chi connectivity index (χ2n) is 5.68. The zero-order chi connectivity index (χ0) is 15.4. The van der Waals surface area contributed by atoms with Crippen LogP contribution in [0.5, 0.6) is 5.75 Å². The molecular weight excluding hydrogens is 276 g/mol. The van der Waals surface area contributed by atoms with Crippen LogP contribution in [0.1, 0.15) is 12.8 Å². The second kappa shape index (κ2) is 6.79. The number of aromatic nitrogens is 1. The molecule has 3 rings (SSSR count). The predicted octanol–water partition coefficient (Wildman–Crippen LogP) is 2.66. The maximum Gasteiger partial charge on any atom is 0.258 e. The number of allylic oxidation sites excluding steroid dienone is 1. The predicted molar refractivity (Wildman–Crippen MR) is 89.6 cm³/mol. The van der Waals surface area contributed by atoms with Crippen LogP contribution < -0.4 is 10.3 Å². The smallest absolute Gasteiger partial charge is 0.258 e. The molecule has 0 aliphatic carbocycles. The monoisotopic (exact) mass is 298 g/mol. The van der Waals surface area contributed by atoms with Crippen molar-refractivity contribution in [2.24, 2.45) is 0 Å². The molecule has 0 atom stereocenters. The highest BCUT2D eigenvalue weighted by Crippen LogP contribution is 2.23. The summed E-state index contributed by atoms with van der Waals surface area (Å²) in [6, 6.07) is 7.62. The summed E-state index contributed by atoms with van der Waals surface area (Å²) in [5.74, 6) is 0.791. The highest BCUT2D eigenvalue weighted by molar-refractivity contribution is 5.87. The lowest BCUT2D eigenvalue weighted by molar-refractivity contribution is 0.239. The molecule has 1 saturated heterocycles. The van der Waals surface area contributed by atoms with Gasteiger partial charge in [0.25, 0.3) is 5.56 Å². The van der Waals surface area contributed by atoms with E-state index in [-0.39, 0.29) is 5.56 Å². The first kappa shape index (κ1) is 14.9. The molecule has 4 nitrogen and oxygen atoms in total. The van der Waals surface area contributed by atoms with Gasteiger partial charge in [-0.25, -0.2) is 0 Å². The van der Waals surface area contributed by atoms with Gasteiger partial charge in [-0.15, -0.1) is 6.58 Å². The lowest BCUT2D eigenvalue weighted by Crippen LogP contribution is -2.25. The first-order valence-corrected chi connectivity index (χ1v) is 7.88. The zero-order valence-electron chi connectivity index (χ0n) is 12.8. The quantitative estimate of drug-likeness (QED) is 0.769. The van der Waals surface area contributed by atoms with Crippen molar-refractivity contribution in [3.05, 3.63) is 53.5 Å². The van der Waals surface area contributed by atoms with E-state index in [1.54, 1.807) is 16.8 Å². The molecule has 0 saturated carbocycles. The highest BCUT2D eigenvalue weighted by Gasteiger charge is 2.12. The minimum atomic E-state index is 0.00222. The fourth-order valence-electron chi connectivity index (χ4n) is 2.99. The van der Waals surface area contributed by atoms with E-state index in [0.29, 0.717) is 18.5 Å². The van der Waals surface area contributed by atoms with E-state index in [1.165, 1.54) is 25.9 Å². The van der Waals surface area contributed by atoms with Crippen LogP contribution in [-0.4, -0.2) is 35.7 Å². The molecule has 116 valence electrons. The molecule has 0 radical (unpaired) electrons. The molecule has 2 heterocycles. The van der Waals surface area contributed by atoms with Gasteiger partial charge in [0.05, 0.1) is 5.39 Å². The van der Waals surface area contributed by atoms with Crippen LogP contribution in [-0.2, 0) is 6.54 Å². The number of hydrogen-bond donors (Lipinski definition) is 0. The summed E-state index contributed by atoms with van der Waals surface area (Å²) < 4.78 is 7.58. The highest BCUT2D eigenvalue weighted by atomic mass is 16.5. The number of hydrogen-bond acceptors (Lipinski definition) is 3. The molecule has 0 amide bonds. The SMILES string of the molecule is C=CCn1ccc2c(OCCN3CCCC3)cccc2c1=O. The standard InChI is InChI=1S/C18H22N2O2/c1-2-9-20-12-8-15-16(18(20)21)6-5-7-17(15)22-14-13-19-10-3-4-11-19/h2,5-8,12H,1,3-4,9-11,13-14H2. The third kappa shape index (κ3) is 3.07. The Morgan fingerprint density at radius 2 is 2.00 bits per heavy atom. The number of benzene rings is 1. The molecular formula is C18H22N2O2. The van der Waals surface area contributed by atoms with E-state index in [1.807, 2.05) is 24.3 Å². The van der Waals surface area contributed by atoms with Gasteiger partial charge in [0.2, 0.25) is 0 Å². The van der Waals surface area contributed by atoms with Gasteiger partial charge in [-0.3, -0.25) is 9.69 Å². The number of pyridine rings is 1. The maximum absolute atomic E-state index is 12.4. The summed E-state index contributed by atoms with van der Waals surface area (Å²) in [4.78, 5) is 14.8. The molecule has 4 heteroatoms. The first-order valence-electron chi connectivity index (χ1n) is 7.88. The second-order valence-corrected chi connectivity index (χ2v) is 5.68. The van der Waals surface area contributed by atoms with Gasteiger partial charge in [0, 0.05) is 24.7 Å². The van der Waals surface area contributed by atoms with Gasteiger partial charge in [0.15, 0.2) is 0 Å². The molecule has 0 N–H and O–H groups in total. The van der Waals surface area contributed by atoms with E-state index in [0.717, 1.165) is 17.7 Å². The van der Waals surface area contributed by atoms with E-state index in [2.05, 4.69) is 11.5 Å². The summed E-state index contributed by atoms with van der Waals surface area (Å²) in [6.07, 6.45) is 6.11. The molecule has 0 bridgehead atoms. The largest absolute Gasteiger partial charge is 0.492 e. The normalized spacial score (nSPS) is 15.3. The van der Waals surface area contributed by atoms with Crippen LogP contribution in [0, 0.1) is 0 Å². The third-order valence-corrected chi connectivity index (χ3v) is 4.17. The van der Waals surface area contributed by atoms with Crippen LogP contribution in [0.4, 0.5) is 0 Å². The summed E-state index contributed by atoms with van der Waals surface area (Å²) in [5, 5.41) is 1.58. The number of ether oxygens (including phenoxy) is 1. The average Bonchev–Trinajstić information content (AvgIpc) is 3.04. The minimum absolute atomic E-state index is 0.00222. The van der Waals surface area contributed by atoms with E-state index in [9.17, 15) is 4.79 Å². The van der Waals surface area contributed by atoms with Gasteiger partial charge < -0.3 is 9.30 Å². The Morgan fingerprint density at radius 1 is 1.18 bits per heavy atom. The number of fused-ring (bicyclic) bond motifs is 1. The van der Waals surface area contributed by atoms with Crippen molar-refractivity contribution in [2.45, 2.75) is 19.4 Å². The minimum Gasteiger partial charge on any atom is -0.492 e. The summed E-state index contributed by atoms with van der Waals surface area (Å²) in [6.45, 7) is 8.16. The van der Waals surface area contributed by atoms with E-state index in [4.69, 9.17) is 4.74 Å². The van der Waals surface area contributed by atoms with Crippen molar-refractivity contribution in [3.63, 3.8) is 0 Å². The van der Waals surface area contributed by atoms with E-state index >= 15 is 0 Å². The number of nitrogens with zero attached hydrogens (tertiary/aromatic N) is 2. The van der Waals surface area contributed by atoms with Gasteiger partial charge in [0.1, 0.15) is 12.4 Å². The maximum atomic E-state index is 12.4. The molecule has 0 spiro atoms. The Hall–Kier alpha value is -2.07. The van der Waals surface area contributed by atoms with Crippen molar-refractivity contribution in [1.82, 2.24) is 9.47 Å². The fourth-order valence-corrected chi connectivity index (χ4v) is 2.99. The van der Waals surface area contributed by atoms with Crippen molar-refractivity contribution >= 4 is 10.8 Å². The van der Waals surface area contributed by atoms with Crippen molar-refractivity contribution < 1.29 is 4.74 Å². The lowest BCUT2D eigenvalue weighted by Gasteiger charge is -2.16. The molecule has 2 aromatic rings. The Kier molecular flexibility index (Phi) is 4.59. The fraction of sp³-hybridized carbons (Fsp3) is 0.389. The van der Waals surface area contributed by atoms with Crippen LogP contribution >= 0.6 is 0 Å². The van der Waals surface area contributed by atoms with Crippen molar-refractivity contribution in [2.75, 3.05) is 26.2 Å². The molecule has 0 unspecified atom stereocenters. The van der Waals surface area contributed by atoms with Crippen LogP contribution in [0.2, 0.25) is 0 Å².